The topological polar surface area (TPSA) is 48.9 Å². The van der Waals surface area contributed by atoms with Crippen molar-refractivity contribution < 1.29 is 9.53 Å². The monoisotopic (exact) mass is 320 g/mol. The number of nitrogens with zero attached hydrogens (tertiary/aromatic N) is 4. The van der Waals surface area contributed by atoms with Crippen molar-refractivity contribution in [3.8, 4) is 0 Å². The second kappa shape index (κ2) is 8.96. The molecule has 0 amide bonds. The predicted molar refractivity (Wildman–Crippen MR) is 90.5 cm³/mol. The van der Waals surface area contributed by atoms with E-state index >= 15 is 0 Å². The van der Waals surface area contributed by atoms with Crippen molar-refractivity contribution in [1.29, 1.82) is 0 Å². The minimum atomic E-state index is -0.278. The van der Waals surface area contributed by atoms with Crippen LogP contribution in [0.2, 0.25) is 0 Å². The molecule has 2 rings (SSSR count). The van der Waals surface area contributed by atoms with Gasteiger partial charge >= 0.3 is 5.97 Å². The first-order valence-electron chi connectivity index (χ1n) is 8.30. The summed E-state index contributed by atoms with van der Waals surface area (Å²) in [5.74, 6) is -0.278. The Balaban J connectivity index is 2.01. The molecule has 0 aromatic carbocycles. The van der Waals surface area contributed by atoms with Gasteiger partial charge < -0.3 is 14.5 Å². The van der Waals surface area contributed by atoms with E-state index in [4.69, 9.17) is 4.74 Å². The van der Waals surface area contributed by atoms with Gasteiger partial charge in [0.15, 0.2) is 0 Å². The van der Waals surface area contributed by atoms with E-state index in [2.05, 4.69) is 33.8 Å². The molecule has 0 N–H and O–H groups in total. The SMILES string of the molecule is CCOC(=O)c1ccnc(CN2CCN(C)CCN(C)CC2)c1. The molecule has 1 aliphatic heterocycles. The number of carbonyl (C=O) groups is 1. The Kier molecular flexibility index (Phi) is 6.95. The van der Waals surface area contributed by atoms with Crippen LogP contribution in [0, 0.1) is 0 Å². The van der Waals surface area contributed by atoms with Gasteiger partial charge in [0.25, 0.3) is 0 Å². The van der Waals surface area contributed by atoms with Crippen LogP contribution in [0.5, 0.6) is 0 Å². The van der Waals surface area contributed by atoms with E-state index in [0.717, 1.165) is 51.5 Å². The Morgan fingerprint density at radius 2 is 1.74 bits per heavy atom. The zero-order chi connectivity index (χ0) is 16.7. The molecule has 1 saturated heterocycles. The van der Waals surface area contributed by atoms with Gasteiger partial charge in [0, 0.05) is 52.0 Å². The van der Waals surface area contributed by atoms with E-state index in [1.165, 1.54) is 0 Å². The van der Waals surface area contributed by atoms with Gasteiger partial charge in [0.2, 0.25) is 0 Å². The number of pyridine rings is 1. The number of carbonyl (C=O) groups excluding carboxylic acids is 1. The van der Waals surface area contributed by atoms with Crippen LogP contribution in [0.25, 0.3) is 0 Å². The molecule has 23 heavy (non-hydrogen) atoms. The fourth-order valence-corrected chi connectivity index (χ4v) is 2.59. The van der Waals surface area contributed by atoms with Gasteiger partial charge in [-0.25, -0.2) is 4.79 Å². The maximum Gasteiger partial charge on any atom is 0.338 e. The number of ether oxygens (including phenoxy) is 1. The molecule has 1 aromatic rings. The summed E-state index contributed by atoms with van der Waals surface area (Å²) in [6, 6.07) is 3.56. The molecule has 6 nitrogen and oxygen atoms in total. The highest BCUT2D eigenvalue weighted by molar-refractivity contribution is 5.89. The zero-order valence-corrected chi connectivity index (χ0v) is 14.5. The summed E-state index contributed by atoms with van der Waals surface area (Å²) < 4.78 is 5.06. The molecule has 0 unspecified atom stereocenters. The second-order valence-corrected chi connectivity index (χ2v) is 6.14. The third-order valence-corrected chi connectivity index (χ3v) is 4.17. The first kappa shape index (κ1) is 17.8. The van der Waals surface area contributed by atoms with E-state index in [1.807, 2.05) is 13.0 Å². The van der Waals surface area contributed by atoms with Crippen molar-refractivity contribution in [1.82, 2.24) is 19.7 Å². The molecule has 0 saturated carbocycles. The van der Waals surface area contributed by atoms with Gasteiger partial charge in [-0.15, -0.1) is 0 Å². The number of hydrogen-bond donors (Lipinski definition) is 0. The number of esters is 1. The van der Waals surface area contributed by atoms with Crippen LogP contribution in [-0.2, 0) is 11.3 Å². The second-order valence-electron chi connectivity index (χ2n) is 6.14. The molecule has 0 spiro atoms. The summed E-state index contributed by atoms with van der Waals surface area (Å²) in [6.45, 7) is 9.27. The molecule has 0 radical (unpaired) electrons. The van der Waals surface area contributed by atoms with Crippen LogP contribution in [0.15, 0.2) is 18.3 Å². The zero-order valence-electron chi connectivity index (χ0n) is 14.5. The Bertz CT molecular complexity index is 495. The molecule has 6 heteroatoms. The Morgan fingerprint density at radius 3 is 2.35 bits per heavy atom. The average molecular weight is 320 g/mol. The standard InChI is InChI=1S/C17H28N4O2/c1-4-23-17(22)15-5-6-18-16(13-15)14-21-11-9-19(2)7-8-20(3)10-12-21/h5-6,13H,4,7-12,14H2,1-3H3. The van der Waals surface area contributed by atoms with Crippen molar-refractivity contribution in [3.63, 3.8) is 0 Å². The molecule has 1 aromatic heterocycles. The lowest BCUT2D eigenvalue weighted by Crippen LogP contribution is -2.34. The van der Waals surface area contributed by atoms with E-state index in [0.29, 0.717) is 12.2 Å². The first-order valence-corrected chi connectivity index (χ1v) is 8.30. The summed E-state index contributed by atoms with van der Waals surface area (Å²) in [5.41, 5.74) is 1.50. The minimum absolute atomic E-state index is 0.278. The summed E-state index contributed by atoms with van der Waals surface area (Å²) in [5, 5.41) is 0. The Hall–Kier alpha value is -1.50. The molecule has 0 atom stereocenters. The molecule has 0 bridgehead atoms. The van der Waals surface area contributed by atoms with Crippen molar-refractivity contribution in [2.75, 3.05) is 60.0 Å². The van der Waals surface area contributed by atoms with Crippen LogP contribution in [0.4, 0.5) is 0 Å². The van der Waals surface area contributed by atoms with Gasteiger partial charge in [-0.05, 0) is 33.2 Å². The predicted octanol–water partition coefficient (Wildman–Crippen LogP) is 0.938. The van der Waals surface area contributed by atoms with Crippen molar-refractivity contribution in [3.05, 3.63) is 29.6 Å². The quantitative estimate of drug-likeness (QED) is 0.770. The summed E-state index contributed by atoms with van der Waals surface area (Å²) in [6.07, 6.45) is 1.69. The normalized spacial score (nSPS) is 18.9. The fraction of sp³-hybridized carbons (Fsp3) is 0.647. The number of hydrogen-bond acceptors (Lipinski definition) is 6. The largest absolute Gasteiger partial charge is 0.462 e. The van der Waals surface area contributed by atoms with E-state index in [1.54, 1.807) is 12.3 Å². The van der Waals surface area contributed by atoms with Crippen molar-refractivity contribution >= 4 is 5.97 Å². The van der Waals surface area contributed by atoms with Crippen LogP contribution in [0.1, 0.15) is 23.0 Å². The lowest BCUT2D eigenvalue weighted by atomic mass is 10.2. The lowest BCUT2D eigenvalue weighted by molar-refractivity contribution is 0.0526. The molecular formula is C17H28N4O2. The van der Waals surface area contributed by atoms with Gasteiger partial charge in [-0.3, -0.25) is 9.88 Å². The Morgan fingerprint density at radius 1 is 1.13 bits per heavy atom. The molecule has 0 aliphatic carbocycles. The third-order valence-electron chi connectivity index (χ3n) is 4.17. The van der Waals surface area contributed by atoms with Crippen LogP contribution in [0.3, 0.4) is 0 Å². The molecule has 1 fully saturated rings. The maximum absolute atomic E-state index is 11.8. The van der Waals surface area contributed by atoms with Crippen LogP contribution >= 0.6 is 0 Å². The molecule has 1 aliphatic rings. The highest BCUT2D eigenvalue weighted by Crippen LogP contribution is 2.08. The van der Waals surface area contributed by atoms with Gasteiger partial charge in [-0.1, -0.05) is 0 Å². The van der Waals surface area contributed by atoms with Gasteiger partial charge in [-0.2, -0.15) is 0 Å². The highest BCUT2D eigenvalue weighted by atomic mass is 16.5. The van der Waals surface area contributed by atoms with Crippen molar-refractivity contribution in [2.24, 2.45) is 0 Å². The molecule has 128 valence electrons. The van der Waals surface area contributed by atoms with E-state index in [-0.39, 0.29) is 5.97 Å². The number of rotatable bonds is 4. The summed E-state index contributed by atoms with van der Waals surface area (Å²) in [7, 11) is 4.33. The summed E-state index contributed by atoms with van der Waals surface area (Å²) in [4.78, 5) is 23.4. The summed E-state index contributed by atoms with van der Waals surface area (Å²) >= 11 is 0. The maximum atomic E-state index is 11.8. The Labute approximate surface area is 139 Å². The van der Waals surface area contributed by atoms with Crippen molar-refractivity contribution in [2.45, 2.75) is 13.5 Å². The fourth-order valence-electron chi connectivity index (χ4n) is 2.59. The molecule has 2 heterocycles. The van der Waals surface area contributed by atoms with Crippen LogP contribution in [-0.4, -0.2) is 85.6 Å². The van der Waals surface area contributed by atoms with Gasteiger partial charge in [0.1, 0.15) is 0 Å². The smallest absolute Gasteiger partial charge is 0.338 e. The first-order chi connectivity index (χ1) is 11.1. The average Bonchev–Trinajstić information content (AvgIpc) is 2.62. The highest BCUT2D eigenvalue weighted by Gasteiger charge is 2.14. The van der Waals surface area contributed by atoms with Gasteiger partial charge in [0.05, 0.1) is 17.9 Å². The minimum Gasteiger partial charge on any atom is -0.462 e. The number of likely N-dealkylation sites (N-methyl/N-ethyl adjacent to an activating group) is 2. The third kappa shape index (κ3) is 5.89. The van der Waals surface area contributed by atoms with E-state index < -0.39 is 0 Å². The lowest BCUT2D eigenvalue weighted by Gasteiger charge is -2.23. The molecular weight excluding hydrogens is 292 g/mol. The van der Waals surface area contributed by atoms with Crippen LogP contribution < -0.4 is 0 Å². The number of aromatic nitrogens is 1. The van der Waals surface area contributed by atoms with E-state index in [9.17, 15) is 4.79 Å².